The fourth-order valence-electron chi connectivity index (χ4n) is 3.32. The van der Waals surface area contributed by atoms with Gasteiger partial charge in [-0.3, -0.25) is 4.79 Å². The number of nitrogens with one attached hydrogen (secondary N) is 2. The zero-order valence-electron chi connectivity index (χ0n) is 17.4. The van der Waals surface area contributed by atoms with Crippen LogP contribution in [0.4, 0.5) is 10.1 Å². The van der Waals surface area contributed by atoms with E-state index >= 15 is 0 Å². The number of sulfonamides is 1. The molecule has 0 aromatic heterocycles. The number of carbonyl (C=O) groups is 1. The monoisotopic (exact) mass is 440 g/mol. The Morgan fingerprint density at radius 1 is 0.968 bits per heavy atom. The van der Waals surface area contributed by atoms with Gasteiger partial charge >= 0.3 is 0 Å². The van der Waals surface area contributed by atoms with Crippen LogP contribution >= 0.6 is 0 Å². The van der Waals surface area contributed by atoms with E-state index in [2.05, 4.69) is 10.0 Å². The first-order chi connectivity index (χ1) is 14.8. The summed E-state index contributed by atoms with van der Waals surface area (Å²) < 4.78 is 41.5. The van der Waals surface area contributed by atoms with Crippen LogP contribution in [0, 0.1) is 12.7 Å². The third-order valence-electron chi connectivity index (χ3n) is 5.01. The number of para-hydroxylation sites is 1. The fraction of sp³-hybridized carbons (Fsp3) is 0.208. The lowest BCUT2D eigenvalue weighted by Gasteiger charge is -2.21. The van der Waals surface area contributed by atoms with Gasteiger partial charge in [-0.2, -0.15) is 4.72 Å². The van der Waals surface area contributed by atoms with Crippen molar-refractivity contribution in [2.75, 3.05) is 5.32 Å². The van der Waals surface area contributed by atoms with Gasteiger partial charge in [-0.1, -0.05) is 55.5 Å². The molecule has 1 atom stereocenters. The lowest BCUT2D eigenvalue weighted by atomic mass is 10.0. The quantitative estimate of drug-likeness (QED) is 0.551. The van der Waals surface area contributed by atoms with Crippen LogP contribution in [-0.4, -0.2) is 20.4 Å². The van der Waals surface area contributed by atoms with Crippen LogP contribution in [0.5, 0.6) is 0 Å². The van der Waals surface area contributed by atoms with Crippen LogP contribution in [0.1, 0.15) is 23.6 Å². The summed E-state index contributed by atoms with van der Waals surface area (Å²) in [5.74, 6) is -0.997. The summed E-state index contributed by atoms with van der Waals surface area (Å²) in [6, 6.07) is 18.3. The molecule has 5 nitrogen and oxygen atoms in total. The molecular weight excluding hydrogens is 415 g/mol. The minimum absolute atomic E-state index is 0.107. The van der Waals surface area contributed by atoms with Crippen LogP contribution in [0.3, 0.4) is 0 Å². The number of benzene rings is 3. The van der Waals surface area contributed by atoms with Crippen molar-refractivity contribution in [1.82, 2.24) is 4.72 Å². The Morgan fingerprint density at radius 3 is 2.29 bits per heavy atom. The number of aryl methyl sites for hydroxylation is 2. The van der Waals surface area contributed by atoms with Gasteiger partial charge in [-0.05, 0) is 60.7 Å². The standard InChI is InChI=1S/C24H25FN2O3S/c1-3-19-11-7-8-17(2)23(19)26-24(28)22(16-18-9-5-4-6-10-18)27-31(29,30)21-14-12-20(25)13-15-21/h4-15,22,27H,3,16H2,1-2H3,(H,26,28)/t22-/m0/s1. The Kier molecular flexibility index (Phi) is 7.20. The second kappa shape index (κ2) is 9.85. The van der Waals surface area contributed by atoms with Gasteiger partial charge in [0.05, 0.1) is 4.90 Å². The molecule has 0 saturated carbocycles. The SMILES string of the molecule is CCc1cccc(C)c1NC(=O)[C@H](Cc1ccccc1)NS(=O)(=O)c1ccc(F)cc1. The van der Waals surface area contributed by atoms with E-state index in [0.29, 0.717) is 5.69 Å². The predicted molar refractivity (Wildman–Crippen MR) is 120 cm³/mol. The molecule has 7 heteroatoms. The van der Waals surface area contributed by atoms with Crippen molar-refractivity contribution in [1.29, 1.82) is 0 Å². The Bertz CT molecular complexity index is 1150. The van der Waals surface area contributed by atoms with Crippen molar-refractivity contribution >= 4 is 21.6 Å². The molecule has 0 unspecified atom stereocenters. The van der Waals surface area contributed by atoms with E-state index in [1.807, 2.05) is 62.4 Å². The molecule has 3 aromatic carbocycles. The van der Waals surface area contributed by atoms with E-state index in [4.69, 9.17) is 0 Å². The zero-order chi connectivity index (χ0) is 22.4. The molecule has 3 rings (SSSR count). The van der Waals surface area contributed by atoms with E-state index in [1.165, 1.54) is 12.1 Å². The molecule has 31 heavy (non-hydrogen) atoms. The Morgan fingerprint density at radius 2 is 1.65 bits per heavy atom. The number of carbonyl (C=O) groups excluding carboxylic acids is 1. The van der Waals surface area contributed by atoms with Crippen molar-refractivity contribution in [2.45, 2.75) is 37.6 Å². The number of amides is 1. The molecule has 162 valence electrons. The molecule has 0 aliphatic heterocycles. The summed E-state index contributed by atoms with van der Waals surface area (Å²) >= 11 is 0. The largest absolute Gasteiger partial charge is 0.324 e. The van der Waals surface area contributed by atoms with Gasteiger partial charge in [-0.25, -0.2) is 12.8 Å². The van der Waals surface area contributed by atoms with Gasteiger partial charge in [-0.15, -0.1) is 0 Å². The van der Waals surface area contributed by atoms with Gasteiger partial charge in [0, 0.05) is 5.69 Å². The second-order valence-corrected chi connectivity index (χ2v) is 8.98. The Hall–Kier alpha value is -3.03. The Balaban J connectivity index is 1.91. The van der Waals surface area contributed by atoms with Crippen LogP contribution in [0.25, 0.3) is 0 Å². The van der Waals surface area contributed by atoms with E-state index < -0.39 is 27.8 Å². The molecule has 0 spiro atoms. The van der Waals surface area contributed by atoms with Crippen LogP contribution in [0.2, 0.25) is 0 Å². The maximum atomic E-state index is 13.2. The summed E-state index contributed by atoms with van der Waals surface area (Å²) in [4.78, 5) is 13.1. The topological polar surface area (TPSA) is 75.3 Å². The number of hydrogen-bond acceptors (Lipinski definition) is 3. The van der Waals surface area contributed by atoms with Crippen molar-refractivity contribution in [3.05, 3.63) is 95.3 Å². The summed E-state index contributed by atoms with van der Waals surface area (Å²) in [5, 5.41) is 2.91. The van der Waals surface area contributed by atoms with Gasteiger partial charge < -0.3 is 5.32 Å². The molecule has 0 bridgehead atoms. The molecule has 0 radical (unpaired) electrons. The van der Waals surface area contributed by atoms with Gasteiger partial charge in [0.2, 0.25) is 15.9 Å². The highest BCUT2D eigenvalue weighted by Crippen LogP contribution is 2.22. The highest BCUT2D eigenvalue weighted by Gasteiger charge is 2.27. The molecule has 0 heterocycles. The first-order valence-corrected chi connectivity index (χ1v) is 11.5. The fourth-order valence-corrected chi connectivity index (χ4v) is 4.51. The highest BCUT2D eigenvalue weighted by molar-refractivity contribution is 7.89. The first-order valence-electron chi connectivity index (χ1n) is 10.0. The normalized spacial score (nSPS) is 12.4. The number of hydrogen-bond donors (Lipinski definition) is 2. The average Bonchev–Trinajstić information content (AvgIpc) is 2.75. The summed E-state index contributed by atoms with van der Waals surface area (Å²) in [5.41, 5.74) is 3.36. The lowest BCUT2D eigenvalue weighted by molar-refractivity contribution is -0.117. The van der Waals surface area contributed by atoms with E-state index in [-0.39, 0.29) is 11.3 Å². The molecule has 0 fully saturated rings. The van der Waals surface area contributed by atoms with Crippen molar-refractivity contribution in [3.63, 3.8) is 0 Å². The van der Waals surface area contributed by atoms with Crippen LogP contribution < -0.4 is 10.0 Å². The smallest absolute Gasteiger partial charge is 0.242 e. The van der Waals surface area contributed by atoms with Crippen LogP contribution in [0.15, 0.2) is 77.7 Å². The first kappa shape index (κ1) is 22.7. The number of rotatable bonds is 8. The second-order valence-electron chi connectivity index (χ2n) is 7.27. The molecule has 0 saturated heterocycles. The van der Waals surface area contributed by atoms with Crippen molar-refractivity contribution in [3.8, 4) is 0 Å². The van der Waals surface area contributed by atoms with E-state index in [9.17, 15) is 17.6 Å². The van der Waals surface area contributed by atoms with E-state index in [1.54, 1.807) is 0 Å². The summed E-state index contributed by atoms with van der Waals surface area (Å²) in [7, 11) is -4.04. The van der Waals surface area contributed by atoms with E-state index in [0.717, 1.165) is 35.2 Å². The summed E-state index contributed by atoms with van der Waals surface area (Å²) in [6.07, 6.45) is 0.891. The third kappa shape index (κ3) is 5.77. The summed E-state index contributed by atoms with van der Waals surface area (Å²) in [6.45, 7) is 3.88. The van der Waals surface area contributed by atoms with Gasteiger partial charge in [0.25, 0.3) is 0 Å². The predicted octanol–water partition coefficient (Wildman–Crippen LogP) is 4.22. The zero-order valence-corrected chi connectivity index (χ0v) is 18.2. The lowest BCUT2D eigenvalue weighted by Crippen LogP contribution is -2.45. The minimum atomic E-state index is -4.04. The number of anilines is 1. The molecule has 0 aliphatic rings. The minimum Gasteiger partial charge on any atom is -0.324 e. The maximum Gasteiger partial charge on any atom is 0.242 e. The molecular formula is C24H25FN2O3S. The van der Waals surface area contributed by atoms with Crippen molar-refractivity contribution < 1.29 is 17.6 Å². The molecule has 1 amide bonds. The van der Waals surface area contributed by atoms with Gasteiger partial charge in [0.1, 0.15) is 11.9 Å². The molecule has 2 N–H and O–H groups in total. The maximum absolute atomic E-state index is 13.2. The van der Waals surface area contributed by atoms with Crippen molar-refractivity contribution in [2.24, 2.45) is 0 Å². The highest BCUT2D eigenvalue weighted by atomic mass is 32.2. The van der Waals surface area contributed by atoms with Crippen LogP contribution in [-0.2, 0) is 27.7 Å². The molecule has 0 aliphatic carbocycles. The number of halogens is 1. The average molecular weight is 441 g/mol. The van der Waals surface area contributed by atoms with Gasteiger partial charge in [0.15, 0.2) is 0 Å². The third-order valence-corrected chi connectivity index (χ3v) is 6.50. The molecule has 3 aromatic rings. The Labute approximate surface area is 182 Å².